The summed E-state index contributed by atoms with van der Waals surface area (Å²) in [6.07, 6.45) is 0.974. The minimum absolute atomic E-state index is 0.364. The average Bonchev–Trinajstić information content (AvgIpc) is 2.25. The molecule has 2 unspecified atom stereocenters. The number of hydrogen-bond acceptors (Lipinski definition) is 2. The molecule has 0 aromatic heterocycles. The van der Waals surface area contributed by atoms with E-state index < -0.39 is 10.8 Å². The number of aryl methyl sites for hydroxylation is 2. The molecule has 0 saturated heterocycles. The van der Waals surface area contributed by atoms with Crippen LogP contribution < -0.4 is 5.32 Å². The van der Waals surface area contributed by atoms with Crippen molar-refractivity contribution < 1.29 is 4.21 Å². The topological polar surface area (TPSA) is 29.1 Å². The van der Waals surface area contributed by atoms with E-state index in [2.05, 4.69) is 45.1 Å². The van der Waals surface area contributed by atoms with Crippen molar-refractivity contribution in [3.63, 3.8) is 0 Å². The number of fused-ring (bicyclic) bond motifs is 1. The smallest absolute Gasteiger partial charge is 0.0536 e. The Morgan fingerprint density at radius 3 is 2.59 bits per heavy atom. The first-order valence-corrected chi connectivity index (χ1v) is 7.57. The van der Waals surface area contributed by atoms with Crippen molar-refractivity contribution in [2.45, 2.75) is 51.1 Å². The Hall–Kier alpha value is -0.670. The van der Waals surface area contributed by atoms with Gasteiger partial charge in [0, 0.05) is 22.7 Å². The van der Waals surface area contributed by atoms with Gasteiger partial charge in [-0.2, -0.15) is 0 Å². The summed E-state index contributed by atoms with van der Waals surface area (Å²) >= 11 is 0. The van der Waals surface area contributed by atoms with Crippen LogP contribution in [-0.4, -0.2) is 16.0 Å². The Bertz CT molecular complexity index is 454. The van der Waals surface area contributed by atoms with Crippen molar-refractivity contribution >= 4 is 10.8 Å². The van der Waals surface area contributed by atoms with Crippen molar-refractivity contribution in [3.05, 3.63) is 28.8 Å². The Labute approximate surface area is 106 Å². The van der Waals surface area contributed by atoms with E-state index in [1.165, 1.54) is 16.7 Å². The van der Waals surface area contributed by atoms with Gasteiger partial charge in [0.15, 0.2) is 0 Å². The summed E-state index contributed by atoms with van der Waals surface area (Å²) in [5.74, 6) is 0.779. The van der Waals surface area contributed by atoms with Crippen LogP contribution >= 0.6 is 0 Å². The molecule has 3 heteroatoms. The molecule has 0 aliphatic carbocycles. The van der Waals surface area contributed by atoms with Crippen LogP contribution in [-0.2, 0) is 10.8 Å². The summed E-state index contributed by atoms with van der Waals surface area (Å²) in [7, 11) is -0.813. The monoisotopic (exact) mass is 251 g/mol. The molecule has 2 nitrogen and oxygen atoms in total. The van der Waals surface area contributed by atoms with E-state index >= 15 is 0 Å². The van der Waals surface area contributed by atoms with Gasteiger partial charge in [-0.3, -0.25) is 4.21 Å². The molecule has 1 aromatic carbocycles. The molecule has 0 radical (unpaired) electrons. The van der Waals surface area contributed by atoms with E-state index in [0.717, 1.165) is 17.1 Å². The largest absolute Gasteiger partial charge is 0.308 e. The summed E-state index contributed by atoms with van der Waals surface area (Å²) in [4.78, 5) is 1.08. The van der Waals surface area contributed by atoms with Gasteiger partial charge in [-0.05, 0) is 37.0 Å². The second kappa shape index (κ2) is 4.91. The molecule has 0 spiro atoms. The van der Waals surface area contributed by atoms with Crippen LogP contribution in [0.15, 0.2) is 17.0 Å². The fourth-order valence-corrected chi connectivity index (χ4v) is 4.21. The van der Waals surface area contributed by atoms with Crippen LogP contribution in [0.25, 0.3) is 0 Å². The fraction of sp³-hybridized carbons (Fsp3) is 0.571. The summed E-state index contributed by atoms with van der Waals surface area (Å²) in [6.45, 7) is 8.51. The first kappa shape index (κ1) is 12.8. The number of rotatable bonds is 2. The lowest BCUT2D eigenvalue weighted by Gasteiger charge is -2.30. The fourth-order valence-electron chi connectivity index (χ4n) is 2.58. The second-order valence-electron chi connectivity index (χ2n) is 5.15. The van der Waals surface area contributed by atoms with Crippen molar-refractivity contribution in [3.8, 4) is 0 Å². The molecule has 1 N–H and O–H groups in total. The third-order valence-corrected chi connectivity index (χ3v) is 4.92. The molecule has 94 valence electrons. The minimum Gasteiger partial charge on any atom is -0.308 e. The Kier molecular flexibility index (Phi) is 3.69. The van der Waals surface area contributed by atoms with Crippen molar-refractivity contribution in [2.75, 3.05) is 5.75 Å². The molecule has 2 rings (SSSR count). The van der Waals surface area contributed by atoms with E-state index in [0.29, 0.717) is 12.1 Å². The molecule has 0 fully saturated rings. The Morgan fingerprint density at radius 1 is 1.29 bits per heavy atom. The molecule has 0 saturated carbocycles. The first-order valence-electron chi connectivity index (χ1n) is 6.25. The zero-order valence-corrected chi connectivity index (χ0v) is 11.9. The van der Waals surface area contributed by atoms with Gasteiger partial charge in [0.25, 0.3) is 0 Å². The predicted molar refractivity (Wildman–Crippen MR) is 72.8 cm³/mol. The number of nitrogens with one attached hydrogen (secondary N) is 1. The molecule has 0 amide bonds. The quantitative estimate of drug-likeness (QED) is 0.875. The van der Waals surface area contributed by atoms with Gasteiger partial charge in [0.2, 0.25) is 0 Å². The summed E-state index contributed by atoms with van der Waals surface area (Å²) < 4.78 is 12.2. The maximum Gasteiger partial charge on any atom is 0.0536 e. The molecule has 1 aliphatic heterocycles. The van der Waals surface area contributed by atoms with Gasteiger partial charge in [0.1, 0.15) is 0 Å². The van der Waals surface area contributed by atoms with Gasteiger partial charge < -0.3 is 5.32 Å². The van der Waals surface area contributed by atoms with E-state index in [4.69, 9.17) is 0 Å². The zero-order chi connectivity index (χ0) is 12.6. The third-order valence-electron chi connectivity index (χ3n) is 3.31. The molecule has 1 heterocycles. The van der Waals surface area contributed by atoms with Crippen LogP contribution in [0, 0.1) is 13.8 Å². The van der Waals surface area contributed by atoms with E-state index in [9.17, 15) is 4.21 Å². The first-order chi connectivity index (χ1) is 8.00. The van der Waals surface area contributed by atoms with Crippen LogP contribution in [0.1, 0.15) is 43.0 Å². The van der Waals surface area contributed by atoms with Crippen LogP contribution in [0.4, 0.5) is 0 Å². The second-order valence-corrected chi connectivity index (χ2v) is 6.66. The highest BCUT2D eigenvalue weighted by molar-refractivity contribution is 7.85. The van der Waals surface area contributed by atoms with Gasteiger partial charge >= 0.3 is 0 Å². The number of benzene rings is 1. The average molecular weight is 251 g/mol. The molecule has 2 atom stereocenters. The molecule has 1 aromatic rings. The third kappa shape index (κ3) is 2.45. The maximum atomic E-state index is 12.2. The highest BCUT2D eigenvalue weighted by atomic mass is 32.2. The molecular formula is C14H21NOS. The normalized spacial score (nSPS) is 23.8. The zero-order valence-electron chi connectivity index (χ0n) is 11.0. The minimum atomic E-state index is -0.813. The van der Waals surface area contributed by atoms with Gasteiger partial charge in [-0.1, -0.05) is 26.0 Å². The summed E-state index contributed by atoms with van der Waals surface area (Å²) in [5.41, 5.74) is 3.71. The van der Waals surface area contributed by atoms with Gasteiger partial charge in [-0.25, -0.2) is 0 Å². The van der Waals surface area contributed by atoms with Crippen LogP contribution in [0.2, 0.25) is 0 Å². The molecular weight excluding hydrogens is 230 g/mol. The molecule has 1 aliphatic rings. The van der Waals surface area contributed by atoms with Crippen LogP contribution in [0.3, 0.4) is 0 Å². The molecule has 17 heavy (non-hydrogen) atoms. The standard InChI is InChI=1S/C14H21NOS/c1-9(2)15-12-7-8-17(16)14-11(4)6-5-10(3)13(12)14/h5-6,9,12,15H,7-8H2,1-4H3. The lowest BCUT2D eigenvalue weighted by Crippen LogP contribution is -2.33. The lowest BCUT2D eigenvalue weighted by atomic mass is 9.96. The lowest BCUT2D eigenvalue weighted by molar-refractivity contribution is 0.454. The highest BCUT2D eigenvalue weighted by Crippen LogP contribution is 2.34. The molecule has 0 bridgehead atoms. The van der Waals surface area contributed by atoms with Crippen molar-refractivity contribution in [1.29, 1.82) is 0 Å². The van der Waals surface area contributed by atoms with Crippen molar-refractivity contribution in [2.24, 2.45) is 0 Å². The Balaban J connectivity index is 2.51. The summed E-state index contributed by atoms with van der Waals surface area (Å²) in [5, 5.41) is 3.59. The highest BCUT2D eigenvalue weighted by Gasteiger charge is 2.27. The van der Waals surface area contributed by atoms with Gasteiger partial charge in [-0.15, -0.1) is 0 Å². The van der Waals surface area contributed by atoms with Gasteiger partial charge in [0.05, 0.1) is 10.8 Å². The van der Waals surface area contributed by atoms with E-state index in [-0.39, 0.29) is 0 Å². The predicted octanol–water partition coefficient (Wildman–Crippen LogP) is 2.85. The number of hydrogen-bond donors (Lipinski definition) is 1. The Morgan fingerprint density at radius 2 is 1.94 bits per heavy atom. The summed E-state index contributed by atoms with van der Waals surface area (Å²) in [6, 6.07) is 5.05. The van der Waals surface area contributed by atoms with Crippen molar-refractivity contribution in [1.82, 2.24) is 5.32 Å². The van der Waals surface area contributed by atoms with Crippen LogP contribution in [0.5, 0.6) is 0 Å². The van der Waals surface area contributed by atoms with E-state index in [1.54, 1.807) is 0 Å². The maximum absolute atomic E-state index is 12.2. The SMILES string of the molecule is Cc1ccc(C)c2c1C(NC(C)C)CCS2=O. The van der Waals surface area contributed by atoms with E-state index in [1.807, 2.05) is 0 Å².